The van der Waals surface area contributed by atoms with Crippen molar-refractivity contribution in [3.05, 3.63) is 40.1 Å². The summed E-state index contributed by atoms with van der Waals surface area (Å²) in [5, 5.41) is 30.2. The number of hydrogen-bond donors (Lipinski definition) is 3. The minimum atomic E-state index is -0.629. The molecule has 3 aromatic rings. The molecule has 0 bridgehead atoms. The van der Waals surface area contributed by atoms with E-state index in [1.807, 2.05) is 13.8 Å². The minimum absolute atomic E-state index is 0.0950. The van der Waals surface area contributed by atoms with Crippen molar-refractivity contribution >= 4 is 28.0 Å². The molecule has 0 saturated carbocycles. The van der Waals surface area contributed by atoms with E-state index in [-0.39, 0.29) is 44.9 Å². The third kappa shape index (κ3) is 1.86. The summed E-state index contributed by atoms with van der Waals surface area (Å²) < 4.78 is 11.3. The van der Waals surface area contributed by atoms with Gasteiger partial charge in [-0.2, -0.15) is 0 Å². The molecule has 0 unspecified atom stereocenters. The quantitative estimate of drug-likeness (QED) is 0.433. The van der Waals surface area contributed by atoms with Crippen molar-refractivity contribution in [3.63, 3.8) is 0 Å². The van der Waals surface area contributed by atoms with Crippen LogP contribution in [-0.4, -0.2) is 20.9 Å². The first-order valence-corrected chi connectivity index (χ1v) is 7.34. The van der Waals surface area contributed by atoms with Gasteiger partial charge in [0.2, 0.25) is 5.43 Å². The molecule has 0 amide bonds. The van der Waals surface area contributed by atoms with Gasteiger partial charge in [-0.25, -0.2) is 0 Å². The molecule has 24 heavy (non-hydrogen) atoms. The average Bonchev–Trinajstić information content (AvgIpc) is 2.50. The highest BCUT2D eigenvalue weighted by Gasteiger charge is 2.28. The van der Waals surface area contributed by atoms with E-state index in [0.717, 1.165) is 0 Å². The van der Waals surface area contributed by atoms with Crippen LogP contribution in [-0.2, 0) is 0 Å². The van der Waals surface area contributed by atoms with Crippen LogP contribution in [0.25, 0.3) is 28.0 Å². The fourth-order valence-corrected chi connectivity index (χ4v) is 2.93. The summed E-state index contributed by atoms with van der Waals surface area (Å²) in [7, 11) is 0. The van der Waals surface area contributed by atoms with Gasteiger partial charge < -0.3 is 24.5 Å². The summed E-state index contributed by atoms with van der Waals surface area (Å²) in [4.78, 5) is 12.9. The third-order valence-electron chi connectivity index (χ3n) is 4.06. The van der Waals surface area contributed by atoms with Crippen LogP contribution in [0, 0.1) is 0 Å². The van der Waals surface area contributed by atoms with Gasteiger partial charge in [0.15, 0.2) is 22.8 Å². The van der Waals surface area contributed by atoms with Crippen molar-refractivity contribution in [1.82, 2.24) is 0 Å². The molecule has 6 heteroatoms. The lowest BCUT2D eigenvalue weighted by atomic mass is 9.98. The third-order valence-corrected chi connectivity index (χ3v) is 4.06. The van der Waals surface area contributed by atoms with Crippen molar-refractivity contribution in [2.45, 2.75) is 19.4 Å². The number of benzene rings is 2. The first-order chi connectivity index (χ1) is 11.3. The molecular weight excluding hydrogens is 312 g/mol. The van der Waals surface area contributed by atoms with Crippen LogP contribution < -0.4 is 10.2 Å². The Bertz CT molecular complexity index is 1100. The smallest absolute Gasteiger partial charge is 0.205 e. The van der Waals surface area contributed by atoms with Crippen molar-refractivity contribution < 1.29 is 24.5 Å². The number of hydrogen-bond acceptors (Lipinski definition) is 6. The van der Waals surface area contributed by atoms with E-state index in [9.17, 15) is 20.1 Å². The monoisotopic (exact) mass is 326 g/mol. The van der Waals surface area contributed by atoms with E-state index < -0.39 is 11.0 Å². The fraction of sp³-hybridized carbons (Fsp3) is 0.167. The highest BCUT2D eigenvalue weighted by atomic mass is 16.5. The van der Waals surface area contributed by atoms with Gasteiger partial charge in [0, 0.05) is 11.6 Å². The molecule has 4 rings (SSSR count). The molecule has 3 N–H and O–H groups in total. The number of ether oxygens (including phenoxy) is 1. The van der Waals surface area contributed by atoms with E-state index in [1.54, 1.807) is 12.2 Å². The summed E-state index contributed by atoms with van der Waals surface area (Å²) in [5.74, 6) is -0.549. The molecular formula is C18H14O6. The van der Waals surface area contributed by atoms with Gasteiger partial charge in [-0.3, -0.25) is 4.79 Å². The Hall–Kier alpha value is -3.15. The summed E-state index contributed by atoms with van der Waals surface area (Å²) in [6, 6.07) is 3.73. The van der Waals surface area contributed by atoms with Gasteiger partial charge in [0.05, 0.1) is 5.39 Å². The van der Waals surface area contributed by atoms with Crippen molar-refractivity contribution in [1.29, 1.82) is 0 Å². The predicted molar refractivity (Wildman–Crippen MR) is 88.7 cm³/mol. The number of fused-ring (bicyclic) bond motifs is 4. The standard InChI is InChI=1S/C18H14O6/c1-18(2)6-5-8-13-12(7-11(21)16(8)24-18)23-17-10(20)4-3-9(19)14(17)15(13)22/h3-7,19-21H,1-2H3. The molecule has 6 nitrogen and oxygen atoms in total. The van der Waals surface area contributed by atoms with Gasteiger partial charge in [-0.15, -0.1) is 0 Å². The summed E-state index contributed by atoms with van der Waals surface area (Å²) in [5.41, 5.74) is -0.799. The van der Waals surface area contributed by atoms with Crippen LogP contribution >= 0.6 is 0 Å². The number of rotatable bonds is 0. The van der Waals surface area contributed by atoms with Crippen LogP contribution in [0.1, 0.15) is 19.4 Å². The predicted octanol–water partition coefficient (Wildman–Crippen LogP) is 3.25. The van der Waals surface area contributed by atoms with Crippen LogP contribution in [0.3, 0.4) is 0 Å². The summed E-state index contributed by atoms with van der Waals surface area (Å²) in [6.07, 6.45) is 3.45. The molecule has 0 fully saturated rings. The molecule has 1 aliphatic rings. The van der Waals surface area contributed by atoms with E-state index >= 15 is 0 Å². The first kappa shape index (κ1) is 14.4. The summed E-state index contributed by atoms with van der Waals surface area (Å²) >= 11 is 0. The molecule has 2 heterocycles. The Morgan fingerprint density at radius 2 is 1.71 bits per heavy atom. The molecule has 0 saturated heterocycles. The molecule has 2 aromatic carbocycles. The maximum absolute atomic E-state index is 12.9. The Labute approximate surface area is 135 Å². The molecule has 0 atom stereocenters. The Morgan fingerprint density at radius 3 is 2.46 bits per heavy atom. The lowest BCUT2D eigenvalue weighted by Gasteiger charge is -2.28. The topological polar surface area (TPSA) is 100 Å². The zero-order valence-electron chi connectivity index (χ0n) is 13.0. The van der Waals surface area contributed by atoms with Crippen LogP contribution in [0.4, 0.5) is 0 Å². The van der Waals surface area contributed by atoms with E-state index in [4.69, 9.17) is 9.15 Å². The van der Waals surface area contributed by atoms with Crippen LogP contribution in [0.5, 0.6) is 23.0 Å². The molecule has 1 aliphatic heterocycles. The van der Waals surface area contributed by atoms with Crippen LogP contribution in [0.15, 0.2) is 33.5 Å². The Kier molecular flexibility index (Phi) is 2.67. The molecule has 122 valence electrons. The van der Waals surface area contributed by atoms with Crippen molar-refractivity contribution in [2.75, 3.05) is 0 Å². The maximum Gasteiger partial charge on any atom is 0.205 e. The highest BCUT2D eigenvalue weighted by Crippen LogP contribution is 2.43. The van der Waals surface area contributed by atoms with E-state index in [0.29, 0.717) is 5.56 Å². The van der Waals surface area contributed by atoms with Gasteiger partial charge in [0.25, 0.3) is 0 Å². The Morgan fingerprint density at radius 1 is 1.00 bits per heavy atom. The lowest BCUT2D eigenvalue weighted by molar-refractivity contribution is 0.153. The zero-order valence-corrected chi connectivity index (χ0v) is 13.0. The molecule has 0 aliphatic carbocycles. The second-order valence-electron chi connectivity index (χ2n) is 6.29. The van der Waals surface area contributed by atoms with Gasteiger partial charge >= 0.3 is 0 Å². The van der Waals surface area contributed by atoms with E-state index in [1.165, 1.54) is 18.2 Å². The Balaban J connectivity index is 2.23. The number of aromatic hydroxyl groups is 3. The normalized spacial score (nSPS) is 15.4. The van der Waals surface area contributed by atoms with Gasteiger partial charge in [-0.1, -0.05) is 6.08 Å². The highest BCUT2D eigenvalue weighted by molar-refractivity contribution is 6.01. The number of phenols is 3. The zero-order chi connectivity index (χ0) is 17.2. The summed E-state index contributed by atoms with van der Waals surface area (Å²) in [6.45, 7) is 3.64. The van der Waals surface area contributed by atoms with Crippen molar-refractivity contribution in [2.24, 2.45) is 0 Å². The average molecular weight is 326 g/mol. The van der Waals surface area contributed by atoms with E-state index in [2.05, 4.69) is 0 Å². The number of phenolic OH excluding ortho intramolecular Hbond substituents is 3. The second-order valence-corrected chi connectivity index (χ2v) is 6.29. The largest absolute Gasteiger partial charge is 0.507 e. The van der Waals surface area contributed by atoms with Gasteiger partial charge in [-0.05, 0) is 32.1 Å². The second kappa shape index (κ2) is 4.44. The molecule has 0 spiro atoms. The minimum Gasteiger partial charge on any atom is -0.507 e. The SMILES string of the molecule is CC1(C)C=Cc2c(c(O)cc3oc4c(O)ccc(O)c4c(=O)c23)O1. The lowest BCUT2D eigenvalue weighted by Crippen LogP contribution is -2.28. The first-order valence-electron chi connectivity index (χ1n) is 7.34. The molecule has 1 aromatic heterocycles. The van der Waals surface area contributed by atoms with Crippen molar-refractivity contribution in [3.8, 4) is 23.0 Å². The molecule has 0 radical (unpaired) electrons. The maximum atomic E-state index is 12.9. The fourth-order valence-electron chi connectivity index (χ4n) is 2.93. The van der Waals surface area contributed by atoms with Gasteiger partial charge in [0.1, 0.15) is 22.3 Å². The van der Waals surface area contributed by atoms with Crippen LogP contribution in [0.2, 0.25) is 0 Å².